The van der Waals surface area contributed by atoms with Crippen molar-refractivity contribution in [3.63, 3.8) is 0 Å². The van der Waals surface area contributed by atoms with E-state index in [0.717, 1.165) is 51.7 Å². The molecule has 288 valence electrons. The van der Waals surface area contributed by atoms with Crippen molar-refractivity contribution < 1.29 is 22.8 Å². The Kier molecular flexibility index (Phi) is 11.7. The Hall–Kier alpha value is -6.35. The number of aromatic nitrogens is 4. The van der Waals surface area contributed by atoms with Crippen LogP contribution < -0.4 is 21.3 Å². The van der Waals surface area contributed by atoms with E-state index in [2.05, 4.69) is 47.7 Å². The molecule has 5 aromatic carbocycles. The fourth-order valence-electron chi connectivity index (χ4n) is 5.89. The van der Waals surface area contributed by atoms with Gasteiger partial charge < -0.3 is 10.6 Å². The number of nitrogens with one attached hydrogen (secondary N) is 6. The van der Waals surface area contributed by atoms with Crippen LogP contribution >= 0.6 is 34.5 Å². The minimum Gasteiger partial charge on any atom is -0.337 e. The van der Waals surface area contributed by atoms with E-state index in [1.165, 1.54) is 17.0 Å². The van der Waals surface area contributed by atoms with Crippen molar-refractivity contribution in [3.05, 3.63) is 147 Å². The minimum absolute atomic E-state index is 0.00943. The summed E-state index contributed by atoms with van der Waals surface area (Å²) < 4.78 is 38.5. The first-order valence-electron chi connectivity index (χ1n) is 17.3. The number of halogens is 5. The van der Waals surface area contributed by atoms with Crippen LogP contribution in [0, 0.1) is 0 Å². The molecule has 8 rings (SSSR count). The number of nitrogens with zero attached hydrogens (tertiary/aromatic N) is 2. The molecule has 0 saturated carbocycles. The molecular formula is C41H31Cl2F3N8O2S. The fourth-order valence-corrected chi connectivity index (χ4v) is 7.15. The van der Waals surface area contributed by atoms with Crippen LogP contribution in [-0.2, 0) is 12.6 Å². The van der Waals surface area contributed by atoms with E-state index in [9.17, 15) is 22.8 Å². The molecule has 16 heteroatoms. The third kappa shape index (κ3) is 9.55. The van der Waals surface area contributed by atoms with Gasteiger partial charge in [-0.3, -0.25) is 20.8 Å². The molecule has 0 bridgehead atoms. The molecule has 10 nitrogen and oxygen atoms in total. The quantitative estimate of drug-likeness (QED) is 0.0907. The second-order valence-electron chi connectivity index (χ2n) is 12.5. The van der Waals surface area contributed by atoms with Crippen LogP contribution in [-0.4, -0.2) is 39.0 Å². The summed E-state index contributed by atoms with van der Waals surface area (Å²) >= 11 is 14.5. The molecule has 0 radical (unpaired) electrons. The van der Waals surface area contributed by atoms with E-state index in [0.29, 0.717) is 33.3 Å². The van der Waals surface area contributed by atoms with Gasteiger partial charge in [0.1, 0.15) is 0 Å². The van der Waals surface area contributed by atoms with Crippen LogP contribution in [0.1, 0.15) is 10.4 Å². The molecule has 6 N–H and O–H groups in total. The van der Waals surface area contributed by atoms with Crippen molar-refractivity contribution in [3.8, 4) is 22.3 Å². The van der Waals surface area contributed by atoms with Gasteiger partial charge in [0.05, 0.1) is 26.6 Å². The molecule has 0 aliphatic rings. The lowest BCUT2D eigenvalue weighted by atomic mass is 10.0. The van der Waals surface area contributed by atoms with Crippen LogP contribution in [0.25, 0.3) is 44.1 Å². The predicted molar refractivity (Wildman–Crippen MR) is 222 cm³/mol. The third-order valence-electron chi connectivity index (χ3n) is 8.62. The number of fused-ring (bicyclic) bond motifs is 2. The number of rotatable bonds is 8. The molecule has 0 atom stereocenters. The van der Waals surface area contributed by atoms with Crippen molar-refractivity contribution in [1.82, 2.24) is 25.7 Å². The topological polar surface area (TPSA) is 140 Å². The largest absolute Gasteiger partial charge is 0.416 e. The van der Waals surface area contributed by atoms with E-state index < -0.39 is 17.8 Å². The average molecular weight is 828 g/mol. The van der Waals surface area contributed by atoms with Gasteiger partial charge in [-0.05, 0) is 71.5 Å². The Morgan fingerprint density at radius 2 is 1.21 bits per heavy atom. The Morgan fingerprint density at radius 1 is 0.649 bits per heavy atom. The second-order valence-corrected chi connectivity index (χ2v) is 14.3. The number of thiophene rings is 1. The van der Waals surface area contributed by atoms with E-state index in [4.69, 9.17) is 23.2 Å². The summed E-state index contributed by atoms with van der Waals surface area (Å²) in [4.78, 5) is 25.8. The van der Waals surface area contributed by atoms with Gasteiger partial charge in [0.15, 0.2) is 11.6 Å². The predicted octanol–water partition coefficient (Wildman–Crippen LogP) is 11.9. The maximum Gasteiger partial charge on any atom is 0.416 e. The molecule has 0 saturated heterocycles. The van der Waals surface area contributed by atoms with E-state index in [-0.39, 0.29) is 17.5 Å². The zero-order valence-corrected chi connectivity index (χ0v) is 31.9. The number of urea groups is 2. The molecule has 0 aliphatic heterocycles. The summed E-state index contributed by atoms with van der Waals surface area (Å²) in [5.41, 5.74) is 4.09. The smallest absolute Gasteiger partial charge is 0.337 e. The first-order chi connectivity index (χ1) is 27.5. The zero-order chi connectivity index (χ0) is 39.9. The maximum absolute atomic E-state index is 12.8. The number of amides is 4. The summed E-state index contributed by atoms with van der Waals surface area (Å²) in [6.07, 6.45) is -3.69. The lowest BCUT2D eigenvalue weighted by molar-refractivity contribution is -0.137. The highest BCUT2D eigenvalue weighted by Gasteiger charge is 2.30. The molecular weight excluding hydrogens is 796 g/mol. The van der Waals surface area contributed by atoms with Crippen LogP contribution in [0.3, 0.4) is 0 Å². The summed E-state index contributed by atoms with van der Waals surface area (Å²) in [5, 5.41) is 29.2. The highest BCUT2D eigenvalue weighted by atomic mass is 35.5. The Bertz CT molecular complexity index is 2650. The number of carbonyl (C=O) groups excluding carboxylic acids is 2. The number of aromatic amines is 2. The monoisotopic (exact) mass is 826 g/mol. The summed E-state index contributed by atoms with van der Waals surface area (Å²) in [6, 6.07) is 34.0. The molecule has 4 amide bonds. The maximum atomic E-state index is 12.8. The standard InChI is InChI=1S/C21H14ClF3N4O.C20H17ClN4OS/c22-17-11-18-16(10-15(17)12-5-2-1-3-6-12)19(29-28-18)27-20(30)26-14-8-4-7-13(9-14)21(23,24)25;21-17-12-18-16(11-15(17)13-5-2-1-3-6-13)19(25-24-18)23-20(26)22-9-8-14-7-4-10-27-14/h1-11H,(H3,26,27,28,29,30);1-7,10-12H,8-9H2,(H3,22,23,24,25,26). The molecule has 3 heterocycles. The first kappa shape index (κ1) is 38.9. The molecule has 0 unspecified atom stereocenters. The Labute approximate surface area is 337 Å². The van der Waals surface area contributed by atoms with Crippen LogP contribution in [0.5, 0.6) is 0 Å². The van der Waals surface area contributed by atoms with Gasteiger partial charge in [0, 0.05) is 39.0 Å². The minimum atomic E-state index is -4.50. The van der Waals surface area contributed by atoms with Crippen LogP contribution in [0.2, 0.25) is 10.0 Å². The van der Waals surface area contributed by atoms with Gasteiger partial charge in [-0.15, -0.1) is 11.3 Å². The highest BCUT2D eigenvalue weighted by molar-refractivity contribution is 7.09. The summed E-state index contributed by atoms with van der Waals surface area (Å²) in [7, 11) is 0. The second kappa shape index (κ2) is 17.2. The van der Waals surface area contributed by atoms with Gasteiger partial charge in [-0.1, -0.05) is 96.0 Å². The summed E-state index contributed by atoms with van der Waals surface area (Å²) in [5.74, 6) is 0.704. The number of H-pyrrole nitrogens is 2. The van der Waals surface area contributed by atoms with E-state index >= 15 is 0 Å². The van der Waals surface area contributed by atoms with Crippen LogP contribution in [0.4, 0.5) is 40.1 Å². The molecule has 8 aromatic rings. The molecule has 3 aromatic heterocycles. The third-order valence-corrected chi connectivity index (χ3v) is 10.2. The number of carbonyl (C=O) groups is 2. The van der Waals surface area contributed by atoms with E-state index in [1.54, 1.807) is 23.5 Å². The SMILES string of the molecule is O=C(NCCc1cccs1)Nc1n[nH]c2cc(Cl)c(-c3ccccc3)cc12.O=C(Nc1cccc(C(F)(F)F)c1)Nc1n[nH]c2cc(Cl)c(-c3ccccc3)cc12. The van der Waals surface area contributed by atoms with Crippen molar-refractivity contribution in [1.29, 1.82) is 0 Å². The van der Waals surface area contributed by atoms with Gasteiger partial charge in [0.2, 0.25) is 0 Å². The van der Waals surface area contributed by atoms with Gasteiger partial charge in [-0.25, -0.2) is 9.59 Å². The van der Waals surface area contributed by atoms with E-state index in [1.807, 2.05) is 84.2 Å². The van der Waals surface area contributed by atoms with Gasteiger partial charge >= 0.3 is 18.2 Å². The van der Waals surface area contributed by atoms with Crippen LogP contribution in [0.15, 0.2) is 127 Å². The first-order valence-corrected chi connectivity index (χ1v) is 18.9. The normalized spacial score (nSPS) is 11.2. The lowest BCUT2D eigenvalue weighted by Gasteiger charge is -2.10. The summed E-state index contributed by atoms with van der Waals surface area (Å²) in [6.45, 7) is 0.565. The molecule has 0 spiro atoms. The lowest BCUT2D eigenvalue weighted by Crippen LogP contribution is -2.30. The highest BCUT2D eigenvalue weighted by Crippen LogP contribution is 2.36. The van der Waals surface area contributed by atoms with Crippen molar-refractivity contribution in [2.45, 2.75) is 12.6 Å². The van der Waals surface area contributed by atoms with Crippen molar-refractivity contribution >= 4 is 85.7 Å². The van der Waals surface area contributed by atoms with Gasteiger partial charge in [-0.2, -0.15) is 23.4 Å². The number of alkyl halides is 3. The molecule has 0 aliphatic carbocycles. The van der Waals surface area contributed by atoms with Crippen molar-refractivity contribution in [2.24, 2.45) is 0 Å². The fraction of sp³-hybridized carbons (Fsp3) is 0.0732. The number of hydrogen-bond acceptors (Lipinski definition) is 5. The number of anilines is 3. The zero-order valence-electron chi connectivity index (χ0n) is 29.5. The number of benzene rings is 5. The Balaban J connectivity index is 0.000000175. The van der Waals surface area contributed by atoms with Gasteiger partial charge in [0.25, 0.3) is 0 Å². The Morgan fingerprint density at radius 3 is 1.74 bits per heavy atom. The number of hydrogen-bond donors (Lipinski definition) is 6. The average Bonchev–Trinajstić information content (AvgIpc) is 3.96. The molecule has 57 heavy (non-hydrogen) atoms. The van der Waals surface area contributed by atoms with Crippen molar-refractivity contribution in [2.75, 3.05) is 22.5 Å². The molecule has 0 fully saturated rings.